The fraction of sp³-hybridized carbons (Fsp3) is 0.286. The molecule has 5 nitrogen and oxygen atoms in total. The summed E-state index contributed by atoms with van der Waals surface area (Å²) in [7, 11) is 0. The zero-order chi connectivity index (χ0) is 23.4. The Morgan fingerprint density at radius 1 is 1.03 bits per heavy atom. The number of aromatic nitrogens is 1. The Morgan fingerprint density at radius 2 is 1.85 bits per heavy atom. The van der Waals surface area contributed by atoms with Gasteiger partial charge in [-0.3, -0.25) is 4.79 Å². The third kappa shape index (κ3) is 5.43. The highest BCUT2D eigenvalue weighted by Gasteiger charge is 2.13. The number of ether oxygens (including phenoxy) is 1. The van der Waals surface area contributed by atoms with Crippen molar-refractivity contribution < 1.29 is 13.9 Å². The van der Waals surface area contributed by atoms with Gasteiger partial charge in [-0.2, -0.15) is 0 Å². The molecule has 0 aliphatic rings. The Morgan fingerprint density at radius 3 is 2.64 bits per heavy atom. The highest BCUT2D eigenvalue weighted by molar-refractivity contribution is 6.04. The van der Waals surface area contributed by atoms with Crippen molar-refractivity contribution in [1.82, 2.24) is 4.98 Å². The van der Waals surface area contributed by atoms with Gasteiger partial charge in [0.2, 0.25) is 5.89 Å². The zero-order valence-electron chi connectivity index (χ0n) is 19.6. The summed E-state index contributed by atoms with van der Waals surface area (Å²) in [6.45, 7) is 9.17. The molecule has 1 heterocycles. The summed E-state index contributed by atoms with van der Waals surface area (Å²) in [6, 6.07) is 20.9. The van der Waals surface area contributed by atoms with Crippen LogP contribution in [0.5, 0.6) is 5.75 Å². The van der Waals surface area contributed by atoms with E-state index < -0.39 is 0 Å². The SMILES string of the molecule is CCC(C)c1ccc2oc(-c3cccc(NC(=O)c4cccc(OCC(C)C)c4)c3)nc2c1. The van der Waals surface area contributed by atoms with Gasteiger partial charge in [0.15, 0.2) is 5.58 Å². The second kappa shape index (κ2) is 9.90. The minimum absolute atomic E-state index is 0.196. The van der Waals surface area contributed by atoms with Crippen LogP contribution < -0.4 is 10.1 Å². The molecule has 0 radical (unpaired) electrons. The van der Waals surface area contributed by atoms with Gasteiger partial charge in [0.05, 0.1) is 6.61 Å². The third-order valence-electron chi connectivity index (χ3n) is 5.64. The van der Waals surface area contributed by atoms with Crippen LogP contribution in [0.2, 0.25) is 0 Å². The molecule has 33 heavy (non-hydrogen) atoms. The van der Waals surface area contributed by atoms with Gasteiger partial charge >= 0.3 is 0 Å². The second-order valence-corrected chi connectivity index (χ2v) is 8.82. The molecule has 1 amide bonds. The van der Waals surface area contributed by atoms with E-state index in [4.69, 9.17) is 9.15 Å². The zero-order valence-corrected chi connectivity index (χ0v) is 19.6. The Hall–Kier alpha value is -3.60. The summed E-state index contributed by atoms with van der Waals surface area (Å²) in [5.74, 6) is 1.92. The van der Waals surface area contributed by atoms with Crippen LogP contribution in [-0.4, -0.2) is 17.5 Å². The number of nitrogens with zero attached hydrogens (tertiary/aromatic N) is 1. The summed E-state index contributed by atoms with van der Waals surface area (Å²) in [4.78, 5) is 17.5. The number of fused-ring (bicyclic) bond motifs is 1. The van der Waals surface area contributed by atoms with Gasteiger partial charge in [0.25, 0.3) is 5.91 Å². The summed E-state index contributed by atoms with van der Waals surface area (Å²) >= 11 is 0. The largest absolute Gasteiger partial charge is 0.493 e. The minimum Gasteiger partial charge on any atom is -0.493 e. The minimum atomic E-state index is -0.196. The number of hydrogen-bond donors (Lipinski definition) is 1. The molecule has 0 saturated heterocycles. The van der Waals surface area contributed by atoms with Gasteiger partial charge in [-0.1, -0.05) is 45.9 Å². The molecule has 1 atom stereocenters. The lowest BCUT2D eigenvalue weighted by atomic mass is 9.98. The van der Waals surface area contributed by atoms with Crippen LogP contribution in [0.15, 0.2) is 71.1 Å². The lowest BCUT2D eigenvalue weighted by Gasteiger charge is -2.10. The number of nitrogens with one attached hydrogen (secondary N) is 1. The van der Waals surface area contributed by atoms with Crippen LogP contribution in [0.1, 0.15) is 56.0 Å². The number of hydrogen-bond acceptors (Lipinski definition) is 4. The number of amides is 1. The first kappa shape index (κ1) is 22.6. The van der Waals surface area contributed by atoms with Crippen LogP contribution in [-0.2, 0) is 0 Å². The van der Waals surface area contributed by atoms with Gasteiger partial charge in [-0.25, -0.2) is 4.98 Å². The van der Waals surface area contributed by atoms with Crippen LogP contribution >= 0.6 is 0 Å². The van der Waals surface area contributed by atoms with Crippen LogP contribution in [0.25, 0.3) is 22.6 Å². The smallest absolute Gasteiger partial charge is 0.255 e. The number of oxazole rings is 1. The van der Waals surface area contributed by atoms with Gasteiger partial charge < -0.3 is 14.5 Å². The fourth-order valence-electron chi connectivity index (χ4n) is 3.53. The van der Waals surface area contributed by atoms with E-state index in [1.165, 1.54) is 5.56 Å². The van der Waals surface area contributed by atoms with E-state index in [-0.39, 0.29) is 5.91 Å². The van der Waals surface area contributed by atoms with Gasteiger partial charge in [0, 0.05) is 16.8 Å². The molecule has 5 heteroatoms. The molecule has 3 aromatic carbocycles. The topological polar surface area (TPSA) is 64.4 Å². The molecule has 0 fully saturated rings. The average Bonchev–Trinajstić information content (AvgIpc) is 3.26. The maximum atomic E-state index is 12.8. The molecule has 1 N–H and O–H groups in total. The van der Waals surface area contributed by atoms with Crippen LogP contribution in [0.3, 0.4) is 0 Å². The molecular formula is C28H30N2O3. The maximum Gasteiger partial charge on any atom is 0.255 e. The Bertz CT molecular complexity index is 1260. The fourth-order valence-corrected chi connectivity index (χ4v) is 3.53. The van der Waals surface area contributed by atoms with E-state index >= 15 is 0 Å². The molecule has 1 aromatic heterocycles. The number of carbonyl (C=O) groups excluding carboxylic acids is 1. The van der Waals surface area contributed by atoms with E-state index in [2.05, 4.69) is 50.1 Å². The molecular weight excluding hydrogens is 412 g/mol. The molecule has 0 spiro atoms. The third-order valence-corrected chi connectivity index (χ3v) is 5.64. The molecule has 0 aliphatic heterocycles. The summed E-state index contributed by atoms with van der Waals surface area (Å²) in [6.07, 6.45) is 1.07. The number of anilines is 1. The van der Waals surface area contributed by atoms with Crippen molar-refractivity contribution in [1.29, 1.82) is 0 Å². The Labute approximate surface area is 194 Å². The van der Waals surface area contributed by atoms with Crippen LogP contribution in [0.4, 0.5) is 5.69 Å². The number of benzene rings is 3. The van der Waals surface area contributed by atoms with Crippen molar-refractivity contribution in [3.63, 3.8) is 0 Å². The maximum absolute atomic E-state index is 12.8. The van der Waals surface area contributed by atoms with Crippen molar-refractivity contribution in [2.24, 2.45) is 5.92 Å². The molecule has 4 aromatic rings. The quantitative estimate of drug-likeness (QED) is 0.311. The van der Waals surface area contributed by atoms with E-state index in [9.17, 15) is 4.79 Å². The second-order valence-electron chi connectivity index (χ2n) is 8.82. The molecule has 0 aliphatic carbocycles. The molecule has 170 valence electrons. The van der Waals surface area contributed by atoms with E-state index in [1.54, 1.807) is 12.1 Å². The van der Waals surface area contributed by atoms with Gasteiger partial charge in [-0.15, -0.1) is 0 Å². The monoisotopic (exact) mass is 442 g/mol. The Kier molecular flexibility index (Phi) is 6.78. The first-order valence-electron chi connectivity index (χ1n) is 11.5. The van der Waals surface area contributed by atoms with Crippen LogP contribution in [0, 0.1) is 5.92 Å². The van der Waals surface area contributed by atoms with Crippen molar-refractivity contribution in [3.05, 3.63) is 77.9 Å². The van der Waals surface area contributed by atoms with Crippen molar-refractivity contribution in [2.45, 2.75) is 40.0 Å². The molecule has 0 saturated carbocycles. The van der Waals surface area contributed by atoms with Gasteiger partial charge in [0.1, 0.15) is 11.3 Å². The molecule has 4 rings (SSSR count). The van der Waals surface area contributed by atoms with E-state index in [1.807, 2.05) is 42.5 Å². The highest BCUT2D eigenvalue weighted by atomic mass is 16.5. The van der Waals surface area contributed by atoms with Gasteiger partial charge in [-0.05, 0) is 72.4 Å². The van der Waals surface area contributed by atoms with E-state index in [0.29, 0.717) is 41.3 Å². The first-order chi connectivity index (χ1) is 15.9. The molecule has 0 bridgehead atoms. The van der Waals surface area contributed by atoms with Crippen molar-refractivity contribution in [2.75, 3.05) is 11.9 Å². The average molecular weight is 443 g/mol. The predicted octanol–water partition coefficient (Wildman–Crippen LogP) is 7.30. The number of carbonyl (C=O) groups is 1. The summed E-state index contributed by atoms with van der Waals surface area (Å²) in [5, 5.41) is 2.96. The normalized spacial score (nSPS) is 12.2. The Balaban J connectivity index is 1.52. The van der Waals surface area contributed by atoms with E-state index in [0.717, 1.165) is 23.1 Å². The molecule has 1 unspecified atom stereocenters. The summed E-state index contributed by atoms with van der Waals surface area (Å²) in [5.41, 5.74) is 4.88. The first-order valence-corrected chi connectivity index (χ1v) is 11.5. The summed E-state index contributed by atoms with van der Waals surface area (Å²) < 4.78 is 11.7. The standard InChI is InChI=1S/C28H30N2O3/c1-5-19(4)20-12-13-26-25(16-20)30-28(33-26)22-9-6-10-23(14-22)29-27(31)21-8-7-11-24(15-21)32-17-18(2)3/h6-16,18-19H,5,17H2,1-4H3,(H,29,31). The van der Waals surface area contributed by atoms with Crippen molar-refractivity contribution >= 4 is 22.7 Å². The number of rotatable bonds is 8. The highest BCUT2D eigenvalue weighted by Crippen LogP contribution is 2.29. The lowest BCUT2D eigenvalue weighted by Crippen LogP contribution is -2.12. The lowest BCUT2D eigenvalue weighted by molar-refractivity contribution is 0.102. The van der Waals surface area contributed by atoms with Crippen molar-refractivity contribution in [3.8, 4) is 17.2 Å². The predicted molar refractivity (Wildman–Crippen MR) is 133 cm³/mol.